The lowest BCUT2D eigenvalue weighted by atomic mass is 9.71. The van der Waals surface area contributed by atoms with Gasteiger partial charge in [0.25, 0.3) is 0 Å². The van der Waals surface area contributed by atoms with Gasteiger partial charge in [-0.1, -0.05) is 154 Å². The molecule has 0 aromatic heterocycles. The van der Waals surface area contributed by atoms with Gasteiger partial charge in [-0.05, 0) is 84.0 Å². The van der Waals surface area contributed by atoms with Crippen LogP contribution in [0.2, 0.25) is 0 Å². The third-order valence-corrected chi connectivity index (χ3v) is 11.3. The maximum Gasteiger partial charge on any atom is 0.335 e. The van der Waals surface area contributed by atoms with Crippen molar-refractivity contribution in [3.8, 4) is 0 Å². The van der Waals surface area contributed by atoms with Gasteiger partial charge in [0.05, 0.1) is 0 Å². The Labute approximate surface area is 330 Å². The molecule has 54 heavy (non-hydrogen) atoms. The summed E-state index contributed by atoms with van der Waals surface area (Å²) in [4.78, 5) is 33.8. The highest BCUT2D eigenvalue weighted by atomic mass is 16.8. The molecular weight excluding hydrogens is 680 g/mol. The Morgan fingerprint density at radius 2 is 0.796 bits per heavy atom. The van der Waals surface area contributed by atoms with Crippen LogP contribution in [0.3, 0.4) is 0 Å². The van der Waals surface area contributed by atoms with Crippen molar-refractivity contribution in [2.75, 3.05) is 7.11 Å². The minimum atomic E-state index is -0.935. The molecule has 8 nitrogen and oxygen atoms in total. The van der Waals surface area contributed by atoms with Crippen molar-refractivity contribution in [1.82, 2.24) is 0 Å². The van der Waals surface area contributed by atoms with Crippen LogP contribution in [0.5, 0.6) is 0 Å². The summed E-state index contributed by atoms with van der Waals surface area (Å²) >= 11 is 0. The monoisotopic (exact) mass is 761 g/mol. The maximum atomic E-state index is 13.2. The van der Waals surface area contributed by atoms with Crippen molar-refractivity contribution in [3.63, 3.8) is 0 Å². The van der Waals surface area contributed by atoms with E-state index in [9.17, 15) is 19.5 Å². The number of ether oxygens (including phenoxy) is 3. The molecule has 2 unspecified atom stereocenters. The summed E-state index contributed by atoms with van der Waals surface area (Å²) in [5.74, 6) is -0.585. The fraction of sp³-hybridized carbons (Fsp3) is 0.804. The highest BCUT2D eigenvalue weighted by molar-refractivity contribution is 5.88. The molecule has 312 valence electrons. The first kappa shape index (κ1) is 49.6. The van der Waals surface area contributed by atoms with Gasteiger partial charge in [-0.3, -0.25) is 0 Å². The van der Waals surface area contributed by atoms with Crippen LogP contribution < -0.4 is 0 Å². The normalized spacial score (nSPS) is 20.5. The van der Waals surface area contributed by atoms with Gasteiger partial charge in [0.15, 0.2) is 6.29 Å². The van der Waals surface area contributed by atoms with Crippen molar-refractivity contribution in [2.45, 2.75) is 214 Å². The Balaban J connectivity index is 0.000000633. The minimum Gasteiger partial charge on any atom is -0.478 e. The number of carboxylic acid groups (broad SMARTS) is 2. The van der Waals surface area contributed by atoms with Gasteiger partial charge in [-0.2, -0.15) is 0 Å². The molecule has 3 saturated carbocycles. The number of rotatable bonds is 10. The second-order valence-electron chi connectivity index (χ2n) is 16.2. The number of allylic oxidation sites excluding steroid dienone is 1. The molecule has 8 heteroatoms. The molecule has 0 aliphatic heterocycles. The van der Waals surface area contributed by atoms with Crippen molar-refractivity contribution in [3.05, 3.63) is 35.5 Å². The quantitative estimate of drug-likeness (QED) is 0.128. The van der Waals surface area contributed by atoms with E-state index in [1.807, 2.05) is 0 Å². The number of hydrogen-bond acceptors (Lipinski definition) is 6. The lowest BCUT2D eigenvalue weighted by Crippen LogP contribution is -2.25. The van der Waals surface area contributed by atoms with Crippen molar-refractivity contribution < 1.29 is 38.8 Å². The molecule has 3 fully saturated rings. The van der Waals surface area contributed by atoms with Crippen LogP contribution in [0.15, 0.2) is 35.5 Å². The van der Waals surface area contributed by atoms with E-state index in [2.05, 4.69) is 13.2 Å². The summed E-state index contributed by atoms with van der Waals surface area (Å²) in [5, 5.41) is 18.7. The van der Waals surface area contributed by atoms with Gasteiger partial charge in [0.2, 0.25) is 6.29 Å². The molecule has 0 spiro atoms. The number of aliphatic carboxylic acids is 2. The van der Waals surface area contributed by atoms with Crippen LogP contribution in [0, 0.1) is 17.8 Å². The summed E-state index contributed by atoms with van der Waals surface area (Å²) < 4.78 is 14.8. The molecule has 0 amide bonds. The van der Waals surface area contributed by atoms with E-state index in [1.165, 1.54) is 180 Å². The smallest absolute Gasteiger partial charge is 0.335 e. The van der Waals surface area contributed by atoms with Gasteiger partial charge in [0.1, 0.15) is 0 Å². The van der Waals surface area contributed by atoms with Crippen LogP contribution >= 0.6 is 0 Å². The van der Waals surface area contributed by atoms with Gasteiger partial charge in [-0.15, -0.1) is 0 Å². The SMILES string of the molecule is C=C(C)C(=O)O.C=C(C)C(=O)OC(C)OC(C)OC.O=C(O)C(=C(C1CCCCCCCCC1)C1CCCCCCCCC1)C1CCCCCCCCC1. The fourth-order valence-corrected chi connectivity index (χ4v) is 8.25. The zero-order chi connectivity index (χ0) is 40.1. The first-order valence-corrected chi connectivity index (χ1v) is 21.8. The van der Waals surface area contributed by atoms with Crippen molar-refractivity contribution in [2.24, 2.45) is 17.8 Å². The van der Waals surface area contributed by atoms with E-state index in [1.54, 1.807) is 20.8 Å². The summed E-state index contributed by atoms with van der Waals surface area (Å²) in [7, 11) is 1.51. The third-order valence-electron chi connectivity index (χ3n) is 11.3. The fourth-order valence-electron chi connectivity index (χ4n) is 8.25. The summed E-state index contributed by atoms with van der Waals surface area (Å²) in [6.45, 7) is 13.0. The Morgan fingerprint density at radius 3 is 1.06 bits per heavy atom. The summed E-state index contributed by atoms with van der Waals surface area (Å²) in [5.41, 5.74) is 2.95. The zero-order valence-electron chi connectivity index (χ0n) is 35.2. The average molecular weight is 761 g/mol. The second kappa shape index (κ2) is 30.7. The Morgan fingerprint density at radius 1 is 0.500 bits per heavy atom. The molecule has 0 radical (unpaired) electrons. The minimum absolute atomic E-state index is 0.176. The van der Waals surface area contributed by atoms with E-state index in [-0.39, 0.29) is 5.57 Å². The zero-order valence-corrected chi connectivity index (χ0v) is 35.2. The second-order valence-corrected chi connectivity index (χ2v) is 16.2. The number of carbonyl (C=O) groups excluding carboxylic acids is 1. The molecule has 0 saturated heterocycles. The van der Waals surface area contributed by atoms with Crippen LogP contribution in [0.4, 0.5) is 0 Å². The predicted octanol–water partition coefficient (Wildman–Crippen LogP) is 12.9. The van der Waals surface area contributed by atoms with E-state index in [0.717, 1.165) is 18.4 Å². The van der Waals surface area contributed by atoms with Crippen molar-refractivity contribution in [1.29, 1.82) is 0 Å². The van der Waals surface area contributed by atoms with E-state index in [0.29, 0.717) is 23.3 Å². The number of esters is 1. The lowest BCUT2D eigenvalue weighted by Gasteiger charge is -2.34. The molecule has 3 aliphatic carbocycles. The van der Waals surface area contributed by atoms with Gasteiger partial charge >= 0.3 is 17.9 Å². The number of methoxy groups -OCH3 is 1. The van der Waals surface area contributed by atoms with Crippen LogP contribution in [0.1, 0.15) is 201 Å². The van der Waals surface area contributed by atoms with Crippen LogP contribution in [0.25, 0.3) is 0 Å². The van der Waals surface area contributed by atoms with Gasteiger partial charge in [-0.25, -0.2) is 14.4 Å². The number of carbonyl (C=O) groups is 3. The Hall–Kier alpha value is -2.45. The van der Waals surface area contributed by atoms with E-state index >= 15 is 0 Å². The molecule has 0 bridgehead atoms. The van der Waals surface area contributed by atoms with E-state index in [4.69, 9.17) is 19.3 Å². The average Bonchev–Trinajstić information content (AvgIpc) is 3.14. The molecule has 0 aromatic rings. The molecule has 0 heterocycles. The van der Waals surface area contributed by atoms with Crippen LogP contribution in [-0.2, 0) is 28.6 Å². The highest BCUT2D eigenvalue weighted by Crippen LogP contribution is 2.42. The number of hydrogen-bond donors (Lipinski definition) is 2. The topological polar surface area (TPSA) is 119 Å². The van der Waals surface area contributed by atoms with Gasteiger partial charge < -0.3 is 24.4 Å². The molecule has 3 aliphatic rings. The van der Waals surface area contributed by atoms with E-state index < -0.39 is 30.5 Å². The van der Waals surface area contributed by atoms with Crippen molar-refractivity contribution >= 4 is 17.9 Å². The summed E-state index contributed by atoms with van der Waals surface area (Å²) in [6.07, 6.45) is 34.2. The Bertz CT molecular complexity index is 1040. The first-order chi connectivity index (χ1) is 25.9. The molecule has 2 atom stereocenters. The molecule has 3 rings (SSSR count). The highest BCUT2D eigenvalue weighted by Gasteiger charge is 2.32. The lowest BCUT2D eigenvalue weighted by molar-refractivity contribution is -0.219. The predicted molar refractivity (Wildman–Crippen MR) is 220 cm³/mol. The molecular formula is C46H80O8. The first-order valence-electron chi connectivity index (χ1n) is 21.8. The van der Waals surface area contributed by atoms with Gasteiger partial charge in [0, 0.05) is 23.8 Å². The maximum absolute atomic E-state index is 13.2. The largest absolute Gasteiger partial charge is 0.478 e. The Kier molecular flexibility index (Phi) is 28.2. The van der Waals surface area contributed by atoms with Crippen LogP contribution in [-0.4, -0.2) is 47.8 Å². The molecule has 0 aromatic carbocycles. The third kappa shape index (κ3) is 22.8. The molecule has 2 N–H and O–H groups in total. The number of carboxylic acids is 2. The standard InChI is InChI=1S/C33H58O2.C9H16O4.C4H6O2/c34-33(35)32(30-26-20-14-8-3-9-15-21-27-30)31(28-22-16-10-4-1-5-11-17-23-28)29-24-18-12-6-2-7-13-19-25-29;1-6(2)9(10)13-8(4)12-7(3)11-5;1-3(2)4(5)6/h28-30H,1-27H2,(H,34,35);7-8H,1H2,2-5H3;1H2,2H3,(H,5,6). The summed E-state index contributed by atoms with van der Waals surface area (Å²) in [6, 6.07) is 0.